The van der Waals surface area contributed by atoms with Crippen LogP contribution in [-0.2, 0) is 4.74 Å². The summed E-state index contributed by atoms with van der Waals surface area (Å²) in [6.45, 7) is 9.40. The maximum absolute atomic E-state index is 5.55. The van der Waals surface area contributed by atoms with Gasteiger partial charge in [-0.1, -0.05) is 26.2 Å². The first-order valence-electron chi connectivity index (χ1n) is 9.11. The van der Waals surface area contributed by atoms with Gasteiger partial charge in [0, 0.05) is 39.9 Å². The highest BCUT2D eigenvalue weighted by Crippen LogP contribution is 2.08. The fourth-order valence-electron chi connectivity index (χ4n) is 2.64. The molecule has 5 nitrogen and oxygen atoms in total. The van der Waals surface area contributed by atoms with E-state index in [9.17, 15) is 0 Å². The van der Waals surface area contributed by atoms with Crippen molar-refractivity contribution in [3.05, 3.63) is 0 Å². The van der Waals surface area contributed by atoms with Crippen molar-refractivity contribution in [1.29, 1.82) is 0 Å². The van der Waals surface area contributed by atoms with Gasteiger partial charge in [0.15, 0.2) is 5.96 Å². The second-order valence-electron chi connectivity index (χ2n) is 6.00. The molecule has 1 rings (SSSR count). The van der Waals surface area contributed by atoms with Gasteiger partial charge in [-0.15, -0.1) is 24.0 Å². The number of ether oxygens (including phenoxy) is 1. The lowest BCUT2D eigenvalue weighted by Gasteiger charge is -2.20. The van der Waals surface area contributed by atoms with Crippen LogP contribution in [0.4, 0.5) is 0 Å². The van der Waals surface area contributed by atoms with Gasteiger partial charge in [-0.25, -0.2) is 0 Å². The average Bonchev–Trinajstić information content (AvgIpc) is 2.81. The van der Waals surface area contributed by atoms with Crippen molar-refractivity contribution in [1.82, 2.24) is 15.5 Å². The van der Waals surface area contributed by atoms with Crippen LogP contribution in [0.5, 0.6) is 0 Å². The molecule has 6 heteroatoms. The topological polar surface area (TPSA) is 48.9 Å². The third-order valence-corrected chi connectivity index (χ3v) is 4.04. The van der Waals surface area contributed by atoms with E-state index in [1.165, 1.54) is 45.2 Å². The van der Waals surface area contributed by atoms with E-state index in [4.69, 9.17) is 4.74 Å². The number of nitrogens with one attached hydrogen (secondary N) is 2. The molecule has 0 aliphatic carbocycles. The van der Waals surface area contributed by atoms with Gasteiger partial charge in [0.25, 0.3) is 0 Å². The minimum atomic E-state index is 0. The Kier molecular flexibility index (Phi) is 16.7. The Morgan fingerprint density at radius 2 is 1.65 bits per heavy atom. The van der Waals surface area contributed by atoms with E-state index in [-0.39, 0.29) is 24.0 Å². The Morgan fingerprint density at radius 3 is 2.30 bits per heavy atom. The molecule has 0 saturated carbocycles. The van der Waals surface area contributed by atoms with Crippen molar-refractivity contribution in [2.45, 2.75) is 51.9 Å². The maximum Gasteiger partial charge on any atom is 0.191 e. The first-order valence-corrected chi connectivity index (χ1v) is 9.11. The molecule has 1 aliphatic rings. The molecule has 0 amide bonds. The summed E-state index contributed by atoms with van der Waals surface area (Å²) in [7, 11) is 1.83. The van der Waals surface area contributed by atoms with Crippen molar-refractivity contribution in [2.24, 2.45) is 4.99 Å². The molecule has 1 aliphatic heterocycles. The molecule has 0 spiro atoms. The van der Waals surface area contributed by atoms with E-state index in [2.05, 4.69) is 27.4 Å². The molecule has 1 fully saturated rings. The fourth-order valence-corrected chi connectivity index (χ4v) is 2.64. The highest BCUT2D eigenvalue weighted by Gasteiger charge is 2.08. The Balaban J connectivity index is 0.00000484. The first-order chi connectivity index (χ1) is 10.9. The Morgan fingerprint density at radius 1 is 1.00 bits per heavy atom. The number of hydrogen-bond acceptors (Lipinski definition) is 3. The molecule has 0 aromatic carbocycles. The third kappa shape index (κ3) is 12.9. The number of halogens is 1. The number of hydrogen-bond donors (Lipinski definition) is 2. The summed E-state index contributed by atoms with van der Waals surface area (Å²) in [6, 6.07) is 0. The predicted molar refractivity (Wildman–Crippen MR) is 110 cm³/mol. The van der Waals surface area contributed by atoms with Crippen molar-refractivity contribution in [3.63, 3.8) is 0 Å². The zero-order valence-corrected chi connectivity index (χ0v) is 17.4. The van der Waals surface area contributed by atoms with Gasteiger partial charge in [-0.2, -0.15) is 0 Å². The summed E-state index contributed by atoms with van der Waals surface area (Å²) in [6.07, 6.45) is 8.88. The van der Waals surface area contributed by atoms with E-state index in [0.717, 1.165) is 51.6 Å². The van der Waals surface area contributed by atoms with Crippen LogP contribution in [0.1, 0.15) is 51.9 Å². The molecule has 138 valence electrons. The lowest BCUT2D eigenvalue weighted by molar-refractivity contribution is 0.129. The maximum atomic E-state index is 5.55. The molecule has 0 unspecified atom stereocenters. The van der Waals surface area contributed by atoms with Crippen LogP contribution in [0.15, 0.2) is 4.99 Å². The van der Waals surface area contributed by atoms with Crippen LogP contribution in [0.3, 0.4) is 0 Å². The second-order valence-corrected chi connectivity index (χ2v) is 6.00. The van der Waals surface area contributed by atoms with Crippen LogP contribution >= 0.6 is 24.0 Å². The summed E-state index contributed by atoms with van der Waals surface area (Å²) in [5, 5.41) is 6.76. The molecule has 0 radical (unpaired) electrons. The largest absolute Gasteiger partial charge is 0.381 e. The van der Waals surface area contributed by atoms with Crippen molar-refractivity contribution >= 4 is 29.9 Å². The van der Waals surface area contributed by atoms with Gasteiger partial charge in [-0.3, -0.25) is 4.99 Å². The van der Waals surface area contributed by atoms with E-state index in [1.54, 1.807) is 0 Å². The van der Waals surface area contributed by atoms with Crippen LogP contribution in [0.25, 0.3) is 0 Å². The first kappa shape index (κ1) is 22.9. The van der Waals surface area contributed by atoms with Crippen LogP contribution < -0.4 is 10.6 Å². The van der Waals surface area contributed by atoms with E-state index in [0.29, 0.717) is 0 Å². The minimum absolute atomic E-state index is 0. The van der Waals surface area contributed by atoms with Gasteiger partial charge < -0.3 is 20.3 Å². The molecule has 0 bridgehead atoms. The SMILES string of the molecule is CCCCOCCCNC(=NC)NCCN1CCCCCC1.I. The standard InChI is InChI=1S/C17H36N4O.HI/c1-3-4-15-22-16-9-10-19-17(18-2)20-11-14-21-12-7-5-6-8-13-21;/h3-16H2,1-2H3,(H2,18,19,20);1H. The number of unbranched alkanes of at least 4 members (excludes halogenated alkanes) is 1. The minimum Gasteiger partial charge on any atom is -0.381 e. The predicted octanol–water partition coefficient (Wildman–Crippen LogP) is 2.85. The van der Waals surface area contributed by atoms with Crippen LogP contribution in [0.2, 0.25) is 0 Å². The smallest absolute Gasteiger partial charge is 0.191 e. The molecule has 23 heavy (non-hydrogen) atoms. The number of rotatable bonds is 10. The molecular formula is C17H37IN4O. The van der Waals surface area contributed by atoms with Crippen LogP contribution in [0, 0.1) is 0 Å². The van der Waals surface area contributed by atoms with Gasteiger partial charge >= 0.3 is 0 Å². The summed E-state index contributed by atoms with van der Waals surface area (Å²) in [5.41, 5.74) is 0. The Labute approximate surface area is 160 Å². The van der Waals surface area contributed by atoms with E-state index in [1.807, 2.05) is 7.05 Å². The molecule has 0 aromatic rings. The molecule has 2 N–H and O–H groups in total. The summed E-state index contributed by atoms with van der Waals surface area (Å²) in [4.78, 5) is 6.84. The molecular weight excluding hydrogens is 403 g/mol. The second kappa shape index (κ2) is 16.8. The zero-order chi connectivity index (χ0) is 15.9. The van der Waals surface area contributed by atoms with E-state index >= 15 is 0 Å². The highest BCUT2D eigenvalue weighted by molar-refractivity contribution is 14.0. The Bertz CT molecular complexity index is 282. The quantitative estimate of drug-likeness (QED) is 0.238. The molecule has 0 atom stereocenters. The summed E-state index contributed by atoms with van der Waals surface area (Å²) in [5.74, 6) is 0.906. The van der Waals surface area contributed by atoms with Crippen molar-refractivity contribution < 1.29 is 4.74 Å². The number of likely N-dealkylation sites (tertiary alicyclic amines) is 1. The van der Waals surface area contributed by atoms with Gasteiger partial charge in [0.1, 0.15) is 0 Å². The van der Waals surface area contributed by atoms with Crippen LogP contribution in [-0.4, -0.2) is 63.8 Å². The van der Waals surface area contributed by atoms with Gasteiger partial charge in [0.05, 0.1) is 0 Å². The summed E-state index contributed by atoms with van der Waals surface area (Å²) >= 11 is 0. The lowest BCUT2D eigenvalue weighted by Crippen LogP contribution is -2.42. The molecule has 0 aromatic heterocycles. The number of guanidine groups is 1. The third-order valence-electron chi connectivity index (χ3n) is 4.04. The lowest BCUT2D eigenvalue weighted by atomic mass is 10.2. The normalized spacial score (nSPS) is 16.5. The van der Waals surface area contributed by atoms with Gasteiger partial charge in [0.2, 0.25) is 0 Å². The molecule has 1 heterocycles. The van der Waals surface area contributed by atoms with Crippen molar-refractivity contribution in [2.75, 3.05) is 53.0 Å². The summed E-state index contributed by atoms with van der Waals surface area (Å²) < 4.78 is 5.55. The highest BCUT2D eigenvalue weighted by atomic mass is 127. The van der Waals surface area contributed by atoms with Crippen molar-refractivity contribution in [3.8, 4) is 0 Å². The average molecular weight is 440 g/mol. The Hall–Kier alpha value is -0.0800. The monoisotopic (exact) mass is 440 g/mol. The number of aliphatic imine (C=N–C) groups is 1. The number of nitrogens with zero attached hydrogens (tertiary/aromatic N) is 2. The molecule has 1 saturated heterocycles. The van der Waals surface area contributed by atoms with E-state index < -0.39 is 0 Å². The fraction of sp³-hybridized carbons (Fsp3) is 0.941. The van der Waals surface area contributed by atoms with Gasteiger partial charge in [-0.05, 0) is 38.8 Å². The zero-order valence-electron chi connectivity index (χ0n) is 15.1.